The van der Waals surface area contributed by atoms with E-state index in [-0.39, 0.29) is 24.6 Å². The highest BCUT2D eigenvalue weighted by Gasteiger charge is 2.28. The fourth-order valence-corrected chi connectivity index (χ4v) is 4.78. The van der Waals surface area contributed by atoms with Gasteiger partial charge in [-0.1, -0.05) is 47.5 Å². The summed E-state index contributed by atoms with van der Waals surface area (Å²) in [5.74, 6) is 0.313. The normalized spacial score (nSPS) is 11.2. The van der Waals surface area contributed by atoms with Gasteiger partial charge >= 0.3 is 0 Å². The second-order valence-corrected chi connectivity index (χ2v) is 9.99. The molecule has 0 aliphatic rings. The Balaban J connectivity index is 1.75. The summed E-state index contributed by atoms with van der Waals surface area (Å²) in [5, 5.41) is 2.76. The van der Waals surface area contributed by atoms with Crippen molar-refractivity contribution in [1.29, 1.82) is 0 Å². The van der Waals surface area contributed by atoms with Gasteiger partial charge in [-0.3, -0.25) is 9.10 Å². The summed E-state index contributed by atoms with van der Waals surface area (Å²) in [6.07, 6.45) is 0. The van der Waals surface area contributed by atoms with E-state index in [4.69, 9.17) is 4.74 Å². The van der Waals surface area contributed by atoms with Crippen LogP contribution in [0.15, 0.2) is 71.6 Å². The van der Waals surface area contributed by atoms with E-state index in [0.29, 0.717) is 11.4 Å². The largest absolute Gasteiger partial charge is 0.492 e. The van der Waals surface area contributed by atoms with Crippen LogP contribution in [0.1, 0.15) is 22.3 Å². The van der Waals surface area contributed by atoms with E-state index in [1.54, 1.807) is 30.3 Å². The molecule has 3 aromatic rings. The topological polar surface area (TPSA) is 75.7 Å². The Morgan fingerprint density at radius 3 is 2.06 bits per heavy atom. The Labute approximate surface area is 196 Å². The van der Waals surface area contributed by atoms with Crippen LogP contribution in [0.25, 0.3) is 0 Å². The average molecular weight is 467 g/mol. The van der Waals surface area contributed by atoms with Crippen LogP contribution in [0.5, 0.6) is 5.75 Å². The summed E-state index contributed by atoms with van der Waals surface area (Å²) in [6, 6.07) is 19.8. The third kappa shape index (κ3) is 6.35. The lowest BCUT2D eigenvalue weighted by Crippen LogP contribution is -2.42. The zero-order valence-corrected chi connectivity index (χ0v) is 20.3. The fourth-order valence-electron chi connectivity index (χ4n) is 3.31. The first-order valence-electron chi connectivity index (χ1n) is 10.8. The number of amides is 1. The predicted molar refractivity (Wildman–Crippen MR) is 131 cm³/mol. The quantitative estimate of drug-likeness (QED) is 0.477. The fraction of sp³-hybridized carbons (Fsp3) is 0.269. The number of hydrogen-bond donors (Lipinski definition) is 1. The Bertz CT molecular complexity index is 1200. The second-order valence-electron chi connectivity index (χ2n) is 8.13. The van der Waals surface area contributed by atoms with E-state index < -0.39 is 15.9 Å². The van der Waals surface area contributed by atoms with Crippen LogP contribution in [-0.2, 0) is 14.8 Å². The van der Waals surface area contributed by atoms with Gasteiger partial charge in [0.05, 0.1) is 17.1 Å². The van der Waals surface area contributed by atoms with E-state index >= 15 is 0 Å². The zero-order chi connectivity index (χ0) is 24.0. The van der Waals surface area contributed by atoms with Gasteiger partial charge in [0, 0.05) is 0 Å². The second kappa shape index (κ2) is 10.5. The lowest BCUT2D eigenvalue weighted by molar-refractivity contribution is -0.119. The highest BCUT2D eigenvalue weighted by Crippen LogP contribution is 2.28. The maximum Gasteiger partial charge on any atom is 0.264 e. The van der Waals surface area contributed by atoms with Gasteiger partial charge < -0.3 is 10.1 Å². The maximum atomic E-state index is 13.5. The molecule has 0 unspecified atom stereocenters. The molecule has 0 bridgehead atoms. The van der Waals surface area contributed by atoms with Gasteiger partial charge in [-0.05, 0) is 69.2 Å². The Hall–Kier alpha value is -3.32. The number of hydrogen-bond acceptors (Lipinski definition) is 4. The Kier molecular flexibility index (Phi) is 7.76. The molecule has 0 aliphatic carbocycles. The van der Waals surface area contributed by atoms with Crippen LogP contribution in [-0.4, -0.2) is 34.0 Å². The number of rotatable bonds is 9. The number of aryl methyl sites for hydroxylation is 4. The van der Waals surface area contributed by atoms with Crippen molar-refractivity contribution < 1.29 is 17.9 Å². The number of anilines is 1. The standard InChI is InChI=1S/C26H30N2O4S/c1-19-6-11-23(12-7-19)32-16-15-27-26(29)18-28(25-17-21(3)5-10-22(25)4)33(30,31)24-13-8-20(2)9-14-24/h5-14,17H,15-16,18H2,1-4H3,(H,27,29). The molecule has 1 amide bonds. The van der Waals surface area contributed by atoms with E-state index in [1.165, 1.54) is 4.31 Å². The summed E-state index contributed by atoms with van der Waals surface area (Å²) >= 11 is 0. The summed E-state index contributed by atoms with van der Waals surface area (Å²) in [5.41, 5.74) is 4.26. The van der Waals surface area contributed by atoms with Gasteiger partial charge in [0.25, 0.3) is 10.0 Å². The monoisotopic (exact) mass is 466 g/mol. The predicted octanol–water partition coefficient (Wildman–Crippen LogP) is 4.31. The third-order valence-electron chi connectivity index (χ3n) is 5.24. The number of carbonyl (C=O) groups excluding carboxylic acids is 1. The van der Waals surface area contributed by atoms with Crippen LogP contribution >= 0.6 is 0 Å². The lowest BCUT2D eigenvalue weighted by atomic mass is 10.1. The minimum Gasteiger partial charge on any atom is -0.492 e. The summed E-state index contributed by atoms with van der Waals surface area (Å²) in [4.78, 5) is 12.9. The summed E-state index contributed by atoms with van der Waals surface area (Å²) in [6.45, 7) is 7.83. The molecule has 0 fully saturated rings. The third-order valence-corrected chi connectivity index (χ3v) is 7.02. The van der Waals surface area contributed by atoms with Crippen LogP contribution in [0.3, 0.4) is 0 Å². The molecule has 7 heteroatoms. The van der Waals surface area contributed by atoms with Crippen LogP contribution < -0.4 is 14.4 Å². The number of nitrogens with zero attached hydrogens (tertiary/aromatic N) is 1. The van der Waals surface area contributed by atoms with Crippen molar-refractivity contribution in [3.05, 3.63) is 89.0 Å². The molecule has 0 saturated carbocycles. The molecule has 0 spiro atoms. The van der Waals surface area contributed by atoms with Crippen LogP contribution in [0.2, 0.25) is 0 Å². The van der Waals surface area contributed by atoms with Crippen molar-refractivity contribution in [3.63, 3.8) is 0 Å². The summed E-state index contributed by atoms with van der Waals surface area (Å²) < 4.78 is 33.8. The van der Waals surface area contributed by atoms with Crippen LogP contribution in [0.4, 0.5) is 5.69 Å². The number of sulfonamides is 1. The molecule has 0 heterocycles. The Morgan fingerprint density at radius 1 is 0.848 bits per heavy atom. The highest BCUT2D eigenvalue weighted by atomic mass is 32.2. The van der Waals surface area contributed by atoms with Crippen molar-refractivity contribution in [3.8, 4) is 5.75 Å². The summed E-state index contributed by atoms with van der Waals surface area (Å²) in [7, 11) is -3.94. The SMILES string of the molecule is Cc1ccc(OCCNC(=O)CN(c2cc(C)ccc2C)S(=O)(=O)c2ccc(C)cc2)cc1. The van der Waals surface area contributed by atoms with Crippen molar-refractivity contribution in [1.82, 2.24) is 5.32 Å². The van der Waals surface area contributed by atoms with Crippen molar-refractivity contribution in [2.24, 2.45) is 0 Å². The van der Waals surface area contributed by atoms with Crippen molar-refractivity contribution in [2.45, 2.75) is 32.6 Å². The molecule has 3 aromatic carbocycles. The zero-order valence-electron chi connectivity index (χ0n) is 19.5. The van der Waals surface area contributed by atoms with Gasteiger partial charge in [0.2, 0.25) is 5.91 Å². The van der Waals surface area contributed by atoms with Gasteiger partial charge in [-0.15, -0.1) is 0 Å². The van der Waals surface area contributed by atoms with Crippen molar-refractivity contribution in [2.75, 3.05) is 24.0 Å². The average Bonchev–Trinajstić information content (AvgIpc) is 2.78. The molecular formula is C26H30N2O4S. The number of benzene rings is 3. The molecule has 174 valence electrons. The smallest absolute Gasteiger partial charge is 0.264 e. The minimum atomic E-state index is -3.94. The lowest BCUT2D eigenvalue weighted by Gasteiger charge is -2.26. The molecule has 6 nitrogen and oxygen atoms in total. The van der Waals surface area contributed by atoms with E-state index in [9.17, 15) is 13.2 Å². The molecule has 0 saturated heterocycles. The molecule has 0 aromatic heterocycles. The van der Waals surface area contributed by atoms with Gasteiger partial charge in [0.15, 0.2) is 0 Å². The maximum absolute atomic E-state index is 13.5. The highest BCUT2D eigenvalue weighted by molar-refractivity contribution is 7.92. The number of carbonyl (C=O) groups is 1. The van der Waals surface area contributed by atoms with E-state index in [1.807, 2.05) is 64.1 Å². The molecule has 0 radical (unpaired) electrons. The molecule has 0 atom stereocenters. The number of ether oxygens (including phenoxy) is 1. The molecule has 33 heavy (non-hydrogen) atoms. The molecular weight excluding hydrogens is 436 g/mol. The van der Waals surface area contributed by atoms with Crippen LogP contribution in [0, 0.1) is 27.7 Å². The first-order chi connectivity index (χ1) is 15.7. The van der Waals surface area contributed by atoms with Gasteiger partial charge in [-0.25, -0.2) is 8.42 Å². The van der Waals surface area contributed by atoms with E-state index in [2.05, 4.69) is 5.32 Å². The first-order valence-corrected chi connectivity index (χ1v) is 12.2. The first kappa shape index (κ1) is 24.3. The minimum absolute atomic E-state index is 0.143. The number of nitrogens with one attached hydrogen (secondary N) is 1. The molecule has 3 rings (SSSR count). The van der Waals surface area contributed by atoms with E-state index in [0.717, 1.165) is 22.3 Å². The van der Waals surface area contributed by atoms with Crippen molar-refractivity contribution >= 4 is 21.6 Å². The Morgan fingerprint density at radius 2 is 1.42 bits per heavy atom. The van der Waals surface area contributed by atoms with Gasteiger partial charge in [0.1, 0.15) is 18.9 Å². The molecule has 0 aliphatic heterocycles. The van der Waals surface area contributed by atoms with Gasteiger partial charge in [-0.2, -0.15) is 0 Å². The molecule has 1 N–H and O–H groups in total.